The molecule has 0 aromatic heterocycles. The van der Waals surface area contributed by atoms with E-state index < -0.39 is 5.97 Å². The Bertz CT molecular complexity index is 664. The van der Waals surface area contributed by atoms with E-state index in [1.54, 1.807) is 24.3 Å². The second-order valence-electron chi connectivity index (χ2n) is 4.48. The Hall–Kier alpha value is -1.94. The summed E-state index contributed by atoms with van der Waals surface area (Å²) in [6.07, 6.45) is 1.50. The minimum Gasteiger partial charge on any atom is -0.508 e. The van der Waals surface area contributed by atoms with Gasteiger partial charge >= 0.3 is 5.97 Å². The van der Waals surface area contributed by atoms with Gasteiger partial charge in [-0.2, -0.15) is 0 Å². The van der Waals surface area contributed by atoms with Crippen molar-refractivity contribution in [1.29, 1.82) is 0 Å². The van der Waals surface area contributed by atoms with Crippen LogP contribution >= 0.6 is 11.8 Å². The zero-order valence-electron chi connectivity index (χ0n) is 10.1. The predicted octanol–water partition coefficient (Wildman–Crippen LogP) is 3.34. The Balaban J connectivity index is 2.11. The zero-order valence-corrected chi connectivity index (χ0v) is 10.9. The first kappa shape index (κ1) is 12.1. The fourth-order valence-electron chi connectivity index (χ4n) is 2.34. The van der Waals surface area contributed by atoms with Crippen molar-refractivity contribution in [2.24, 2.45) is 0 Å². The van der Waals surface area contributed by atoms with Crippen LogP contribution in [-0.2, 0) is 12.8 Å². The lowest BCUT2D eigenvalue weighted by Gasteiger charge is -2.08. The van der Waals surface area contributed by atoms with Crippen LogP contribution in [0.2, 0.25) is 0 Å². The summed E-state index contributed by atoms with van der Waals surface area (Å²) >= 11 is 1.53. The van der Waals surface area contributed by atoms with Crippen molar-refractivity contribution in [3.8, 4) is 5.75 Å². The molecule has 0 saturated carbocycles. The number of phenolic OH excluding ortho intramolecular Hbond substituents is 1. The van der Waals surface area contributed by atoms with E-state index in [2.05, 4.69) is 0 Å². The molecule has 3 rings (SSSR count). The topological polar surface area (TPSA) is 57.5 Å². The molecule has 2 N–H and O–H groups in total. The Kier molecular flexibility index (Phi) is 2.95. The van der Waals surface area contributed by atoms with Crippen molar-refractivity contribution in [1.82, 2.24) is 0 Å². The van der Waals surface area contributed by atoms with Gasteiger partial charge in [0.25, 0.3) is 0 Å². The van der Waals surface area contributed by atoms with E-state index in [-0.39, 0.29) is 5.75 Å². The summed E-state index contributed by atoms with van der Waals surface area (Å²) < 4.78 is 0. The number of rotatable bonds is 1. The highest BCUT2D eigenvalue weighted by Crippen LogP contribution is 2.39. The van der Waals surface area contributed by atoms with Crippen molar-refractivity contribution < 1.29 is 15.0 Å². The molecule has 0 aliphatic carbocycles. The van der Waals surface area contributed by atoms with E-state index in [4.69, 9.17) is 0 Å². The first-order valence-corrected chi connectivity index (χ1v) is 6.82. The minimum atomic E-state index is -0.883. The Labute approximate surface area is 114 Å². The van der Waals surface area contributed by atoms with Gasteiger partial charge in [-0.05, 0) is 48.2 Å². The molecule has 1 aliphatic heterocycles. The molecule has 0 amide bonds. The lowest BCUT2D eigenvalue weighted by Crippen LogP contribution is -2.04. The van der Waals surface area contributed by atoms with E-state index in [1.165, 1.54) is 11.8 Å². The largest absolute Gasteiger partial charge is 0.508 e. The summed E-state index contributed by atoms with van der Waals surface area (Å²) in [6.45, 7) is 0. The van der Waals surface area contributed by atoms with E-state index in [0.29, 0.717) is 12.0 Å². The molecule has 1 aliphatic rings. The van der Waals surface area contributed by atoms with Gasteiger partial charge in [-0.3, -0.25) is 0 Å². The molecule has 96 valence electrons. The first-order chi connectivity index (χ1) is 9.15. The van der Waals surface area contributed by atoms with Gasteiger partial charge in [0, 0.05) is 9.79 Å². The van der Waals surface area contributed by atoms with Gasteiger partial charge in [-0.25, -0.2) is 4.79 Å². The number of hydrogen-bond acceptors (Lipinski definition) is 3. The molecule has 2 aromatic carbocycles. The number of carboxylic acids is 1. The summed E-state index contributed by atoms with van der Waals surface area (Å²) in [6, 6.07) is 10.7. The fourth-order valence-corrected chi connectivity index (χ4v) is 3.54. The molecule has 0 saturated heterocycles. The van der Waals surface area contributed by atoms with Crippen LogP contribution in [0, 0.1) is 0 Å². The fraction of sp³-hybridized carbons (Fsp3) is 0.133. The number of hydrogen-bond donors (Lipinski definition) is 2. The molecule has 0 unspecified atom stereocenters. The molecule has 3 nitrogen and oxygen atoms in total. The summed E-state index contributed by atoms with van der Waals surface area (Å²) in [7, 11) is 0. The highest BCUT2D eigenvalue weighted by Gasteiger charge is 2.19. The van der Waals surface area contributed by atoms with Crippen LogP contribution in [0.3, 0.4) is 0 Å². The number of aryl methyl sites for hydroxylation is 1. The van der Waals surface area contributed by atoms with Crippen LogP contribution in [0.5, 0.6) is 5.75 Å². The van der Waals surface area contributed by atoms with Crippen molar-refractivity contribution in [2.45, 2.75) is 22.6 Å². The van der Waals surface area contributed by atoms with E-state index in [0.717, 1.165) is 27.3 Å². The maximum Gasteiger partial charge on any atom is 0.336 e. The summed E-state index contributed by atoms with van der Waals surface area (Å²) in [5.41, 5.74) is 2.41. The van der Waals surface area contributed by atoms with Gasteiger partial charge in [-0.15, -0.1) is 0 Å². The van der Waals surface area contributed by atoms with Gasteiger partial charge in [0.15, 0.2) is 0 Å². The summed E-state index contributed by atoms with van der Waals surface area (Å²) in [5, 5.41) is 18.8. The minimum absolute atomic E-state index is 0.240. The van der Waals surface area contributed by atoms with Gasteiger partial charge in [-0.1, -0.05) is 23.9 Å². The standard InChI is InChI=1S/C15H12O3S/c16-10-6-4-9-5-7-11-12(15(17)18)2-1-3-13(11)19-14(9)8-10/h1-4,6,8,16H,5,7H2,(H,17,18). The normalized spacial score (nSPS) is 13.3. The molecule has 19 heavy (non-hydrogen) atoms. The van der Waals surface area contributed by atoms with Crippen molar-refractivity contribution in [2.75, 3.05) is 0 Å². The molecule has 0 spiro atoms. The Morgan fingerprint density at radius 2 is 1.95 bits per heavy atom. The number of phenols is 1. The third-order valence-corrected chi connectivity index (χ3v) is 4.48. The van der Waals surface area contributed by atoms with Crippen LogP contribution < -0.4 is 0 Å². The summed E-state index contributed by atoms with van der Waals surface area (Å²) in [5.74, 6) is -0.643. The molecule has 0 atom stereocenters. The molecule has 4 heteroatoms. The average molecular weight is 272 g/mol. The van der Waals surface area contributed by atoms with Gasteiger partial charge in [0.1, 0.15) is 5.75 Å². The number of carbonyl (C=O) groups is 1. The van der Waals surface area contributed by atoms with Gasteiger partial charge in [0.2, 0.25) is 0 Å². The van der Waals surface area contributed by atoms with Gasteiger partial charge in [0.05, 0.1) is 5.56 Å². The SMILES string of the molecule is O=C(O)c1cccc2c1CCc1ccc(O)cc1S2. The van der Waals surface area contributed by atoms with E-state index in [1.807, 2.05) is 12.1 Å². The van der Waals surface area contributed by atoms with E-state index >= 15 is 0 Å². The predicted molar refractivity (Wildman–Crippen MR) is 73.0 cm³/mol. The van der Waals surface area contributed by atoms with Crippen LogP contribution in [0.4, 0.5) is 0 Å². The highest BCUT2D eigenvalue weighted by molar-refractivity contribution is 7.99. The molecular weight excluding hydrogens is 260 g/mol. The van der Waals surface area contributed by atoms with Crippen molar-refractivity contribution >= 4 is 17.7 Å². The second-order valence-corrected chi connectivity index (χ2v) is 5.57. The molecule has 1 heterocycles. The van der Waals surface area contributed by atoms with E-state index in [9.17, 15) is 15.0 Å². The van der Waals surface area contributed by atoms with Crippen LogP contribution in [0.15, 0.2) is 46.2 Å². The van der Waals surface area contributed by atoms with Gasteiger partial charge < -0.3 is 10.2 Å². The van der Waals surface area contributed by atoms with Crippen LogP contribution in [0.25, 0.3) is 0 Å². The van der Waals surface area contributed by atoms with Crippen LogP contribution in [-0.4, -0.2) is 16.2 Å². The first-order valence-electron chi connectivity index (χ1n) is 6.00. The molecular formula is C15H12O3S. The smallest absolute Gasteiger partial charge is 0.336 e. The third-order valence-electron chi connectivity index (χ3n) is 3.28. The number of fused-ring (bicyclic) bond motifs is 2. The average Bonchev–Trinajstić information content (AvgIpc) is 2.56. The molecule has 0 radical (unpaired) electrons. The van der Waals surface area contributed by atoms with Crippen molar-refractivity contribution in [3.63, 3.8) is 0 Å². The number of carboxylic acid groups (broad SMARTS) is 1. The summed E-state index contributed by atoms with van der Waals surface area (Å²) in [4.78, 5) is 13.2. The number of aromatic hydroxyl groups is 1. The highest BCUT2D eigenvalue weighted by atomic mass is 32.2. The zero-order chi connectivity index (χ0) is 13.4. The molecule has 2 aromatic rings. The monoisotopic (exact) mass is 272 g/mol. The number of benzene rings is 2. The lowest BCUT2D eigenvalue weighted by atomic mass is 10.00. The van der Waals surface area contributed by atoms with Crippen LogP contribution in [0.1, 0.15) is 21.5 Å². The van der Waals surface area contributed by atoms with Crippen molar-refractivity contribution in [3.05, 3.63) is 53.1 Å². The second kappa shape index (κ2) is 4.63. The maximum absolute atomic E-state index is 11.3. The molecule has 0 bridgehead atoms. The quantitative estimate of drug-likeness (QED) is 0.836. The number of aromatic carboxylic acids is 1. The Morgan fingerprint density at radius 1 is 1.11 bits per heavy atom. The molecule has 0 fully saturated rings. The maximum atomic E-state index is 11.3. The Morgan fingerprint density at radius 3 is 2.74 bits per heavy atom. The lowest BCUT2D eigenvalue weighted by molar-refractivity contribution is 0.0695. The third kappa shape index (κ3) is 2.19.